The van der Waals surface area contributed by atoms with E-state index in [-0.39, 0.29) is 21.0 Å². The van der Waals surface area contributed by atoms with Gasteiger partial charge in [0.05, 0.1) is 15.5 Å². The molecule has 2 heterocycles. The molecule has 2 aromatic carbocycles. The average Bonchev–Trinajstić information content (AvgIpc) is 3.34. The van der Waals surface area contributed by atoms with Crippen LogP contribution in [0.25, 0.3) is 0 Å². The third kappa shape index (κ3) is 5.73. The number of amides is 1. The molecule has 1 amide bonds. The number of hydrogen-bond acceptors (Lipinski definition) is 7. The van der Waals surface area contributed by atoms with Gasteiger partial charge in [0.2, 0.25) is 0 Å². The number of carbonyl (C=O) groups is 1. The van der Waals surface area contributed by atoms with Crippen LogP contribution in [0.3, 0.4) is 0 Å². The van der Waals surface area contributed by atoms with E-state index in [1.807, 2.05) is 0 Å². The van der Waals surface area contributed by atoms with E-state index < -0.39 is 21.7 Å². The number of anilines is 1. The molecule has 186 valence electrons. The molecule has 1 aliphatic heterocycles. The second-order valence-electron chi connectivity index (χ2n) is 8.14. The van der Waals surface area contributed by atoms with Gasteiger partial charge in [0, 0.05) is 24.7 Å². The predicted molar refractivity (Wildman–Crippen MR) is 136 cm³/mol. The largest absolute Gasteiger partial charge is 0.479 e. The Morgan fingerprint density at radius 1 is 1.20 bits per heavy atom. The maximum absolute atomic E-state index is 12.9. The molecule has 1 aliphatic rings. The third-order valence-corrected chi connectivity index (χ3v) is 8.80. The lowest BCUT2D eigenvalue weighted by Gasteiger charge is -2.39. The Kier molecular flexibility index (Phi) is 7.58. The first-order valence-electron chi connectivity index (χ1n) is 10.7. The minimum Gasteiger partial charge on any atom is -0.479 e. The minimum atomic E-state index is -3.78. The molecule has 1 atom stereocenters. The highest BCUT2D eigenvalue weighted by molar-refractivity contribution is 7.93. The van der Waals surface area contributed by atoms with E-state index in [0.29, 0.717) is 42.3 Å². The molecule has 2 N–H and O–H groups in total. The van der Waals surface area contributed by atoms with Gasteiger partial charge in [-0.05, 0) is 49.6 Å². The second kappa shape index (κ2) is 10.3. The number of hydrogen-bond donors (Lipinski definition) is 2. The molecule has 3 aromatic rings. The summed E-state index contributed by atoms with van der Waals surface area (Å²) in [6.07, 6.45) is 1.32. The zero-order valence-electron chi connectivity index (χ0n) is 18.6. The first-order valence-corrected chi connectivity index (χ1v) is 13.9. The highest BCUT2D eigenvalue weighted by atomic mass is 35.5. The Balaban J connectivity index is 1.38. The van der Waals surface area contributed by atoms with E-state index >= 15 is 0 Å². The van der Waals surface area contributed by atoms with Crippen LogP contribution in [0.2, 0.25) is 10.0 Å². The quantitative estimate of drug-likeness (QED) is 0.443. The van der Waals surface area contributed by atoms with E-state index in [4.69, 9.17) is 27.9 Å². The standard InChI is InChI=1S/C23H23Cl2N3O5S2/c1-15(33-19-4-2-3-18(24)20(19)25)21(29)28-12-9-23(30,10-13-28)16-5-7-17(8-6-16)35(31,32)27-22-26-11-14-34-22/h2-8,11,14-15,30H,9-10,12-13H2,1H3,(H,26,27)/t15-/m1/s1. The molecule has 0 saturated carbocycles. The SMILES string of the molecule is C[C@@H](Oc1cccc(Cl)c1Cl)C(=O)N1CCC(O)(c2ccc(S(=O)(=O)Nc3nccs3)cc2)CC1. The highest BCUT2D eigenvalue weighted by Crippen LogP contribution is 2.35. The maximum atomic E-state index is 12.9. The summed E-state index contributed by atoms with van der Waals surface area (Å²) in [5, 5.41) is 13.7. The molecule has 0 bridgehead atoms. The number of aliphatic hydroxyl groups is 1. The van der Waals surface area contributed by atoms with Crippen molar-refractivity contribution in [2.45, 2.75) is 36.4 Å². The molecule has 0 radical (unpaired) electrons. The molecule has 4 rings (SSSR count). The smallest absolute Gasteiger partial charge is 0.263 e. The van der Waals surface area contributed by atoms with E-state index in [1.54, 1.807) is 47.5 Å². The van der Waals surface area contributed by atoms with Crippen LogP contribution in [-0.4, -0.2) is 48.5 Å². The molecule has 0 aliphatic carbocycles. The van der Waals surface area contributed by atoms with E-state index in [2.05, 4.69) is 9.71 Å². The van der Waals surface area contributed by atoms with Gasteiger partial charge in [-0.15, -0.1) is 11.3 Å². The van der Waals surface area contributed by atoms with Crippen LogP contribution in [0.5, 0.6) is 5.75 Å². The molecule has 0 spiro atoms. The Hall–Kier alpha value is -2.37. The number of likely N-dealkylation sites (tertiary alicyclic amines) is 1. The number of thiazole rings is 1. The monoisotopic (exact) mass is 555 g/mol. The maximum Gasteiger partial charge on any atom is 0.263 e. The first kappa shape index (κ1) is 25.7. The Bertz CT molecular complexity index is 1290. The van der Waals surface area contributed by atoms with E-state index in [0.717, 1.165) is 0 Å². The lowest BCUT2D eigenvalue weighted by Crippen LogP contribution is -2.49. The Labute approximate surface area is 217 Å². The van der Waals surface area contributed by atoms with Gasteiger partial charge in [0.15, 0.2) is 11.2 Å². The third-order valence-electron chi connectivity index (χ3n) is 5.83. The van der Waals surface area contributed by atoms with Crippen LogP contribution in [-0.2, 0) is 20.4 Å². The molecule has 1 fully saturated rings. The summed E-state index contributed by atoms with van der Waals surface area (Å²) in [5.74, 6) is 0.103. The summed E-state index contributed by atoms with van der Waals surface area (Å²) in [7, 11) is -3.78. The molecule has 12 heteroatoms. The molecule has 1 saturated heterocycles. The van der Waals surface area contributed by atoms with Crippen molar-refractivity contribution in [3.63, 3.8) is 0 Å². The summed E-state index contributed by atoms with van der Waals surface area (Å²) in [6.45, 7) is 2.27. The van der Waals surface area contributed by atoms with Gasteiger partial charge in [0.1, 0.15) is 10.8 Å². The molecular weight excluding hydrogens is 533 g/mol. The number of nitrogens with one attached hydrogen (secondary N) is 1. The average molecular weight is 556 g/mol. The fourth-order valence-corrected chi connectivity index (χ4v) is 5.98. The number of halogens is 2. The number of nitrogens with zero attached hydrogens (tertiary/aromatic N) is 2. The lowest BCUT2D eigenvalue weighted by molar-refractivity contribution is -0.142. The fourth-order valence-electron chi connectivity index (χ4n) is 3.85. The number of piperidine rings is 1. The van der Waals surface area contributed by atoms with Gasteiger partial charge >= 0.3 is 0 Å². The van der Waals surface area contributed by atoms with Crippen molar-refractivity contribution in [2.75, 3.05) is 17.8 Å². The number of aromatic nitrogens is 1. The van der Waals surface area contributed by atoms with Crippen LogP contribution in [0.15, 0.2) is 58.9 Å². The number of ether oxygens (including phenoxy) is 1. The van der Waals surface area contributed by atoms with Gasteiger partial charge < -0.3 is 14.7 Å². The highest BCUT2D eigenvalue weighted by Gasteiger charge is 2.37. The molecular formula is C23H23Cl2N3O5S2. The van der Waals surface area contributed by atoms with Crippen LogP contribution >= 0.6 is 34.5 Å². The van der Waals surface area contributed by atoms with Crippen LogP contribution in [0.4, 0.5) is 5.13 Å². The fraction of sp³-hybridized carbons (Fsp3) is 0.304. The summed E-state index contributed by atoms with van der Waals surface area (Å²) >= 11 is 13.3. The molecule has 1 aromatic heterocycles. The second-order valence-corrected chi connectivity index (χ2v) is 11.5. The van der Waals surface area contributed by atoms with Gasteiger partial charge in [0.25, 0.3) is 15.9 Å². The van der Waals surface area contributed by atoms with Gasteiger partial charge in [-0.1, -0.05) is 41.4 Å². The van der Waals surface area contributed by atoms with Gasteiger partial charge in [-0.3, -0.25) is 9.52 Å². The van der Waals surface area contributed by atoms with Crippen molar-refractivity contribution in [2.24, 2.45) is 0 Å². The van der Waals surface area contributed by atoms with E-state index in [9.17, 15) is 18.3 Å². The number of rotatable bonds is 7. The van der Waals surface area contributed by atoms with Crippen LogP contribution in [0, 0.1) is 0 Å². The van der Waals surface area contributed by atoms with Crippen molar-refractivity contribution in [3.05, 3.63) is 69.7 Å². The molecule has 35 heavy (non-hydrogen) atoms. The first-order chi connectivity index (χ1) is 16.6. The minimum absolute atomic E-state index is 0.0679. The zero-order chi connectivity index (χ0) is 25.2. The number of sulfonamides is 1. The van der Waals surface area contributed by atoms with Crippen molar-refractivity contribution in [1.82, 2.24) is 9.88 Å². The lowest BCUT2D eigenvalue weighted by atomic mass is 9.84. The Morgan fingerprint density at radius 3 is 2.51 bits per heavy atom. The van der Waals surface area contributed by atoms with Gasteiger partial charge in [-0.25, -0.2) is 13.4 Å². The summed E-state index contributed by atoms with van der Waals surface area (Å²) in [4.78, 5) is 18.5. The number of carbonyl (C=O) groups excluding carboxylic acids is 1. The van der Waals surface area contributed by atoms with Crippen LogP contribution in [0.1, 0.15) is 25.3 Å². The molecule has 8 nitrogen and oxygen atoms in total. The van der Waals surface area contributed by atoms with Crippen LogP contribution < -0.4 is 9.46 Å². The normalized spacial score (nSPS) is 16.5. The van der Waals surface area contributed by atoms with E-state index in [1.165, 1.54) is 29.7 Å². The van der Waals surface area contributed by atoms with Crippen molar-refractivity contribution >= 4 is 55.6 Å². The summed E-state index contributed by atoms with van der Waals surface area (Å²) in [6, 6.07) is 11.1. The van der Waals surface area contributed by atoms with Crippen molar-refractivity contribution < 1.29 is 23.1 Å². The predicted octanol–water partition coefficient (Wildman–Crippen LogP) is 4.53. The van der Waals surface area contributed by atoms with Crippen molar-refractivity contribution in [3.8, 4) is 5.75 Å². The summed E-state index contributed by atoms with van der Waals surface area (Å²) in [5.41, 5.74) is -0.588. The zero-order valence-corrected chi connectivity index (χ0v) is 21.8. The van der Waals surface area contributed by atoms with Gasteiger partial charge in [-0.2, -0.15) is 0 Å². The topological polar surface area (TPSA) is 109 Å². The molecule has 0 unspecified atom stereocenters. The number of benzene rings is 2. The van der Waals surface area contributed by atoms with Crippen molar-refractivity contribution in [1.29, 1.82) is 0 Å². The summed E-state index contributed by atoms with van der Waals surface area (Å²) < 4.78 is 33.2. The Morgan fingerprint density at radius 2 is 1.89 bits per heavy atom.